The molecule has 0 bridgehead atoms. The summed E-state index contributed by atoms with van der Waals surface area (Å²) in [6.07, 6.45) is 3.37. The number of aromatic nitrogens is 2. The maximum Gasteiger partial charge on any atom is 0.263 e. The molecule has 148 valence electrons. The quantitative estimate of drug-likeness (QED) is 0.550. The van der Waals surface area contributed by atoms with Gasteiger partial charge in [0.25, 0.3) is 5.56 Å². The molecule has 0 aromatic carbocycles. The number of piperidine rings is 1. The van der Waals surface area contributed by atoms with E-state index < -0.39 is 0 Å². The number of hydrogen-bond donors (Lipinski definition) is 0. The zero-order valence-electron chi connectivity index (χ0n) is 16.9. The van der Waals surface area contributed by atoms with Gasteiger partial charge in [0.2, 0.25) is 5.91 Å². The molecule has 1 amide bonds. The van der Waals surface area contributed by atoms with Gasteiger partial charge in [-0.3, -0.25) is 14.2 Å². The summed E-state index contributed by atoms with van der Waals surface area (Å²) in [6.45, 7) is 12.4. The Morgan fingerprint density at radius 1 is 1.22 bits per heavy atom. The highest BCUT2D eigenvalue weighted by Gasteiger charge is 2.31. The molecule has 1 fully saturated rings. The van der Waals surface area contributed by atoms with E-state index in [4.69, 9.17) is 4.98 Å². The SMILES string of the molecule is CCn1c(S[C@H](C(=O)N2CCCCC2)C(C)C)nc2sc(C)c(C)c2c1=O. The van der Waals surface area contributed by atoms with E-state index in [1.807, 2.05) is 25.7 Å². The Kier molecular flexibility index (Phi) is 6.31. The number of rotatable bonds is 5. The number of hydrogen-bond acceptors (Lipinski definition) is 5. The fraction of sp³-hybridized carbons (Fsp3) is 0.650. The van der Waals surface area contributed by atoms with E-state index in [0.29, 0.717) is 11.7 Å². The highest BCUT2D eigenvalue weighted by molar-refractivity contribution is 8.00. The van der Waals surface area contributed by atoms with Crippen LogP contribution >= 0.6 is 23.1 Å². The van der Waals surface area contributed by atoms with Gasteiger partial charge in [-0.15, -0.1) is 11.3 Å². The summed E-state index contributed by atoms with van der Waals surface area (Å²) in [4.78, 5) is 34.9. The molecule has 2 aromatic heterocycles. The largest absolute Gasteiger partial charge is 0.342 e. The van der Waals surface area contributed by atoms with Gasteiger partial charge < -0.3 is 4.90 Å². The van der Waals surface area contributed by atoms with Crippen LogP contribution in [0.3, 0.4) is 0 Å². The molecule has 0 N–H and O–H groups in total. The normalized spacial score (nSPS) is 16.3. The van der Waals surface area contributed by atoms with Crippen molar-refractivity contribution in [2.45, 2.75) is 70.8 Å². The second-order valence-corrected chi connectivity index (χ2v) is 9.89. The standard InChI is InChI=1S/C20H29N3O2S2/c1-6-23-18(24)15-13(4)14(5)26-17(15)21-20(23)27-16(12(2)3)19(25)22-10-8-7-9-11-22/h12,16H,6-11H2,1-5H3/t16-/m0/s1. The van der Waals surface area contributed by atoms with Gasteiger partial charge in [-0.1, -0.05) is 25.6 Å². The average Bonchev–Trinajstić information content (AvgIpc) is 2.94. The first kappa shape index (κ1) is 20.4. The lowest BCUT2D eigenvalue weighted by molar-refractivity contribution is -0.132. The van der Waals surface area contributed by atoms with Crippen LogP contribution < -0.4 is 5.56 Å². The second-order valence-electron chi connectivity index (χ2n) is 7.58. The topological polar surface area (TPSA) is 55.2 Å². The summed E-state index contributed by atoms with van der Waals surface area (Å²) in [5, 5.41) is 1.18. The lowest BCUT2D eigenvalue weighted by Gasteiger charge is -2.31. The van der Waals surface area contributed by atoms with Gasteiger partial charge in [0.1, 0.15) is 4.83 Å². The minimum Gasteiger partial charge on any atom is -0.342 e. The summed E-state index contributed by atoms with van der Waals surface area (Å²) in [7, 11) is 0. The van der Waals surface area contributed by atoms with Gasteiger partial charge in [0.05, 0.1) is 10.6 Å². The molecule has 0 saturated carbocycles. The number of aryl methyl sites for hydroxylation is 2. The molecule has 7 heteroatoms. The highest BCUT2D eigenvalue weighted by atomic mass is 32.2. The van der Waals surface area contributed by atoms with Gasteiger partial charge in [-0.05, 0) is 51.5 Å². The average molecular weight is 408 g/mol. The lowest BCUT2D eigenvalue weighted by Crippen LogP contribution is -2.43. The molecular weight excluding hydrogens is 378 g/mol. The molecule has 27 heavy (non-hydrogen) atoms. The van der Waals surface area contributed by atoms with Crippen LogP contribution in [0.15, 0.2) is 9.95 Å². The van der Waals surface area contributed by atoms with Crippen LogP contribution in [0.2, 0.25) is 0 Å². The number of fused-ring (bicyclic) bond motifs is 1. The monoisotopic (exact) mass is 407 g/mol. The van der Waals surface area contributed by atoms with E-state index in [-0.39, 0.29) is 22.6 Å². The number of thiophene rings is 1. The van der Waals surface area contributed by atoms with Gasteiger partial charge in [-0.2, -0.15) is 0 Å². The number of nitrogens with zero attached hydrogens (tertiary/aromatic N) is 3. The van der Waals surface area contributed by atoms with Crippen molar-refractivity contribution in [2.75, 3.05) is 13.1 Å². The van der Waals surface area contributed by atoms with Gasteiger partial charge >= 0.3 is 0 Å². The number of thioether (sulfide) groups is 1. The first-order valence-corrected chi connectivity index (χ1v) is 11.5. The minimum absolute atomic E-state index is 0.0137. The van der Waals surface area contributed by atoms with Crippen molar-refractivity contribution in [3.05, 3.63) is 20.8 Å². The van der Waals surface area contributed by atoms with Gasteiger partial charge in [0.15, 0.2) is 5.16 Å². The summed E-state index contributed by atoms with van der Waals surface area (Å²) < 4.78 is 1.73. The third kappa shape index (κ3) is 3.94. The van der Waals surface area contributed by atoms with Crippen molar-refractivity contribution < 1.29 is 4.79 Å². The van der Waals surface area contributed by atoms with E-state index in [9.17, 15) is 9.59 Å². The molecule has 0 spiro atoms. The van der Waals surface area contributed by atoms with E-state index in [2.05, 4.69) is 13.8 Å². The van der Waals surface area contributed by atoms with Crippen LogP contribution in [0, 0.1) is 19.8 Å². The third-order valence-corrected chi connectivity index (χ3v) is 7.94. The van der Waals surface area contributed by atoms with Crippen molar-refractivity contribution in [1.29, 1.82) is 0 Å². The molecule has 0 aliphatic carbocycles. The zero-order valence-corrected chi connectivity index (χ0v) is 18.5. The zero-order chi connectivity index (χ0) is 19.7. The van der Waals surface area contributed by atoms with Crippen LogP contribution in [0.5, 0.6) is 0 Å². The number of carbonyl (C=O) groups excluding carboxylic acids is 1. The molecule has 0 radical (unpaired) electrons. The Bertz CT molecular complexity index is 895. The van der Waals surface area contributed by atoms with Crippen LogP contribution in [-0.2, 0) is 11.3 Å². The first-order chi connectivity index (χ1) is 12.8. The predicted molar refractivity (Wildman–Crippen MR) is 114 cm³/mol. The summed E-state index contributed by atoms with van der Waals surface area (Å²) in [5.41, 5.74) is 1.04. The molecule has 3 rings (SSSR count). The molecule has 5 nitrogen and oxygen atoms in total. The molecule has 0 unspecified atom stereocenters. The summed E-state index contributed by atoms with van der Waals surface area (Å²) in [6, 6.07) is 0. The Hall–Kier alpha value is -1.34. The molecule has 2 aromatic rings. The molecule has 3 heterocycles. The molecule has 1 saturated heterocycles. The summed E-state index contributed by atoms with van der Waals surface area (Å²) >= 11 is 3.03. The Morgan fingerprint density at radius 3 is 2.48 bits per heavy atom. The third-order valence-electron chi connectivity index (χ3n) is 5.32. The van der Waals surface area contributed by atoms with E-state index in [1.54, 1.807) is 15.9 Å². The van der Waals surface area contributed by atoms with Crippen molar-refractivity contribution in [3.8, 4) is 0 Å². The Balaban J connectivity index is 1.99. The summed E-state index contributed by atoms with van der Waals surface area (Å²) in [5.74, 6) is 0.361. The molecule has 1 atom stereocenters. The minimum atomic E-state index is -0.215. The van der Waals surface area contributed by atoms with Gasteiger partial charge in [0, 0.05) is 24.5 Å². The maximum atomic E-state index is 13.1. The molecule has 1 aliphatic heterocycles. The maximum absolute atomic E-state index is 13.1. The fourth-order valence-corrected chi connectivity index (χ4v) is 5.87. The van der Waals surface area contributed by atoms with Crippen molar-refractivity contribution in [3.63, 3.8) is 0 Å². The van der Waals surface area contributed by atoms with Crippen molar-refractivity contribution in [1.82, 2.24) is 14.5 Å². The van der Waals surface area contributed by atoms with Crippen molar-refractivity contribution >= 4 is 39.2 Å². The second kappa shape index (κ2) is 8.35. The van der Waals surface area contributed by atoms with E-state index in [0.717, 1.165) is 46.6 Å². The van der Waals surface area contributed by atoms with E-state index >= 15 is 0 Å². The number of likely N-dealkylation sites (tertiary alicyclic amines) is 1. The van der Waals surface area contributed by atoms with Crippen LogP contribution in [0.25, 0.3) is 10.2 Å². The molecular formula is C20H29N3O2S2. The van der Waals surface area contributed by atoms with E-state index in [1.165, 1.54) is 18.2 Å². The first-order valence-electron chi connectivity index (χ1n) is 9.81. The fourth-order valence-electron chi connectivity index (χ4n) is 3.56. The Morgan fingerprint density at radius 2 is 1.89 bits per heavy atom. The molecule has 1 aliphatic rings. The van der Waals surface area contributed by atoms with Crippen LogP contribution in [0.4, 0.5) is 0 Å². The number of carbonyl (C=O) groups is 1. The smallest absolute Gasteiger partial charge is 0.263 e. The van der Waals surface area contributed by atoms with Gasteiger partial charge in [-0.25, -0.2) is 4.98 Å². The Labute approximate surface area is 169 Å². The van der Waals surface area contributed by atoms with Crippen molar-refractivity contribution in [2.24, 2.45) is 5.92 Å². The lowest BCUT2D eigenvalue weighted by atomic mass is 10.1. The highest BCUT2D eigenvalue weighted by Crippen LogP contribution is 2.32. The van der Waals surface area contributed by atoms with Crippen LogP contribution in [0.1, 0.15) is 50.5 Å². The predicted octanol–water partition coefficient (Wildman–Crippen LogP) is 4.22. The number of amides is 1. The van der Waals surface area contributed by atoms with Crippen LogP contribution in [-0.4, -0.2) is 38.7 Å².